The van der Waals surface area contributed by atoms with E-state index in [0.29, 0.717) is 11.8 Å². The predicted molar refractivity (Wildman–Crippen MR) is 219 cm³/mol. The minimum Gasteiger partial charge on any atom is -0.436 e. The first kappa shape index (κ1) is 30.2. The summed E-state index contributed by atoms with van der Waals surface area (Å²) in [7, 11) is 0. The third-order valence-corrected chi connectivity index (χ3v) is 10.2. The number of hydrogen-bond donors (Lipinski definition) is 0. The second-order valence-corrected chi connectivity index (χ2v) is 13.5. The lowest BCUT2D eigenvalue weighted by molar-refractivity contribution is 0.619. The Morgan fingerprint density at radius 1 is 0.407 bits per heavy atom. The Morgan fingerprint density at radius 2 is 0.907 bits per heavy atom. The molecule has 0 bridgehead atoms. The first-order chi connectivity index (χ1) is 26.7. The molecule has 0 unspecified atom stereocenters. The van der Waals surface area contributed by atoms with E-state index in [1.807, 2.05) is 48.5 Å². The Hall–Kier alpha value is -7.44. The van der Waals surface area contributed by atoms with Crippen LogP contribution in [0.1, 0.15) is 0 Å². The zero-order valence-electron chi connectivity index (χ0n) is 28.9. The molecule has 3 aromatic heterocycles. The van der Waals surface area contributed by atoms with Crippen molar-refractivity contribution in [3.8, 4) is 28.6 Å². The van der Waals surface area contributed by atoms with Crippen LogP contribution in [0.5, 0.6) is 0 Å². The molecule has 0 N–H and O–H groups in total. The molecule has 11 aromatic rings. The van der Waals surface area contributed by atoms with E-state index in [-0.39, 0.29) is 0 Å². The molecular formula is C48H30N4O2. The molecule has 11 rings (SSSR count). The van der Waals surface area contributed by atoms with Gasteiger partial charge in [0.05, 0.1) is 11.0 Å². The standard InChI is InChI=1S/C48H30N4O2/c1-2-12-35(13-3-1)52-43-27-26-38(30-40(43)39-28-33-10-4-5-11-34(33)29-44(39)52)51(36-22-18-31(19-23-36)47-49-41-14-6-8-16-45(41)53-47)37-24-20-32(21-25-37)48-50-42-15-7-9-17-46(42)54-48/h1-30H. The third-order valence-electron chi connectivity index (χ3n) is 10.2. The fourth-order valence-corrected chi connectivity index (χ4v) is 7.63. The van der Waals surface area contributed by atoms with Gasteiger partial charge in [-0.25, -0.2) is 9.97 Å². The zero-order chi connectivity index (χ0) is 35.6. The van der Waals surface area contributed by atoms with Crippen LogP contribution >= 0.6 is 0 Å². The highest BCUT2D eigenvalue weighted by Gasteiger charge is 2.19. The van der Waals surface area contributed by atoms with Gasteiger partial charge in [-0.15, -0.1) is 0 Å². The summed E-state index contributed by atoms with van der Waals surface area (Å²) in [5.74, 6) is 1.19. The van der Waals surface area contributed by atoms with Crippen molar-refractivity contribution in [3.05, 3.63) is 182 Å². The molecule has 0 amide bonds. The molecule has 0 aliphatic heterocycles. The Kier molecular flexibility index (Phi) is 6.75. The highest BCUT2D eigenvalue weighted by atomic mass is 16.4. The number of para-hydroxylation sites is 5. The lowest BCUT2D eigenvalue weighted by Gasteiger charge is -2.26. The molecule has 0 radical (unpaired) electrons. The largest absolute Gasteiger partial charge is 0.436 e. The summed E-state index contributed by atoms with van der Waals surface area (Å²) in [4.78, 5) is 11.8. The number of benzene rings is 8. The number of nitrogens with zero attached hydrogens (tertiary/aromatic N) is 4. The Balaban J connectivity index is 1.08. The Labute approximate surface area is 309 Å². The lowest BCUT2D eigenvalue weighted by Crippen LogP contribution is -2.10. The second-order valence-electron chi connectivity index (χ2n) is 13.5. The Bertz CT molecular complexity index is 2970. The van der Waals surface area contributed by atoms with Crippen LogP contribution in [0.25, 0.3) is 83.4 Å². The van der Waals surface area contributed by atoms with Crippen LogP contribution in [0, 0.1) is 0 Å². The van der Waals surface area contributed by atoms with E-state index in [1.165, 1.54) is 27.1 Å². The maximum absolute atomic E-state index is 6.12. The van der Waals surface area contributed by atoms with Crippen LogP contribution < -0.4 is 4.90 Å². The average Bonchev–Trinajstić information content (AvgIpc) is 3.95. The van der Waals surface area contributed by atoms with Gasteiger partial charge in [-0.05, 0) is 126 Å². The van der Waals surface area contributed by atoms with Crippen molar-refractivity contribution in [2.75, 3.05) is 4.90 Å². The van der Waals surface area contributed by atoms with E-state index in [4.69, 9.17) is 18.8 Å². The molecule has 0 fully saturated rings. The first-order valence-corrected chi connectivity index (χ1v) is 18.0. The number of aromatic nitrogens is 3. The molecule has 6 nitrogen and oxygen atoms in total. The van der Waals surface area contributed by atoms with Crippen LogP contribution in [0.4, 0.5) is 17.1 Å². The number of rotatable bonds is 6. The highest BCUT2D eigenvalue weighted by Crippen LogP contribution is 2.42. The van der Waals surface area contributed by atoms with Crippen molar-refractivity contribution in [1.29, 1.82) is 0 Å². The first-order valence-electron chi connectivity index (χ1n) is 18.0. The second kappa shape index (κ2) is 12.1. The third kappa shape index (κ3) is 4.96. The summed E-state index contributed by atoms with van der Waals surface area (Å²) < 4.78 is 14.6. The zero-order valence-corrected chi connectivity index (χ0v) is 28.9. The molecule has 0 saturated heterocycles. The fourth-order valence-electron chi connectivity index (χ4n) is 7.63. The molecule has 0 saturated carbocycles. The van der Waals surface area contributed by atoms with Crippen molar-refractivity contribution < 1.29 is 8.83 Å². The van der Waals surface area contributed by atoms with E-state index in [9.17, 15) is 0 Å². The van der Waals surface area contributed by atoms with Crippen LogP contribution in [0.15, 0.2) is 191 Å². The number of oxazole rings is 2. The monoisotopic (exact) mass is 694 g/mol. The number of fused-ring (bicyclic) bond motifs is 6. The van der Waals surface area contributed by atoms with Crippen molar-refractivity contribution in [1.82, 2.24) is 14.5 Å². The van der Waals surface area contributed by atoms with Gasteiger partial charge < -0.3 is 18.3 Å². The van der Waals surface area contributed by atoms with Crippen molar-refractivity contribution in [2.24, 2.45) is 0 Å². The molecule has 8 aromatic carbocycles. The van der Waals surface area contributed by atoms with Crippen molar-refractivity contribution in [3.63, 3.8) is 0 Å². The summed E-state index contributed by atoms with van der Waals surface area (Å²) >= 11 is 0. The summed E-state index contributed by atoms with van der Waals surface area (Å²) in [5, 5.41) is 4.80. The van der Waals surface area contributed by atoms with Crippen LogP contribution in [-0.4, -0.2) is 14.5 Å². The van der Waals surface area contributed by atoms with Gasteiger partial charge in [-0.1, -0.05) is 66.7 Å². The van der Waals surface area contributed by atoms with Gasteiger partial charge in [0.2, 0.25) is 11.8 Å². The minimum atomic E-state index is 0.597. The van der Waals surface area contributed by atoms with Gasteiger partial charge in [0.1, 0.15) is 11.0 Å². The fraction of sp³-hybridized carbons (Fsp3) is 0. The van der Waals surface area contributed by atoms with E-state index >= 15 is 0 Å². The van der Waals surface area contributed by atoms with Crippen molar-refractivity contribution in [2.45, 2.75) is 0 Å². The Morgan fingerprint density at radius 3 is 1.50 bits per heavy atom. The van der Waals surface area contributed by atoms with Gasteiger partial charge >= 0.3 is 0 Å². The number of hydrogen-bond acceptors (Lipinski definition) is 5. The number of anilines is 3. The molecule has 54 heavy (non-hydrogen) atoms. The summed E-state index contributed by atoms with van der Waals surface area (Å²) in [5.41, 5.74) is 11.5. The lowest BCUT2D eigenvalue weighted by atomic mass is 10.1. The summed E-state index contributed by atoms with van der Waals surface area (Å²) in [6.07, 6.45) is 0. The average molecular weight is 695 g/mol. The molecule has 3 heterocycles. The molecule has 0 atom stereocenters. The maximum Gasteiger partial charge on any atom is 0.227 e. The highest BCUT2D eigenvalue weighted by molar-refractivity contribution is 6.14. The van der Waals surface area contributed by atoms with Crippen LogP contribution in [0.3, 0.4) is 0 Å². The van der Waals surface area contributed by atoms with E-state index in [2.05, 4.69) is 143 Å². The quantitative estimate of drug-likeness (QED) is 0.173. The molecule has 254 valence electrons. The van der Waals surface area contributed by atoms with Gasteiger partial charge in [0.25, 0.3) is 0 Å². The summed E-state index contributed by atoms with van der Waals surface area (Å²) in [6.45, 7) is 0. The van der Waals surface area contributed by atoms with Crippen molar-refractivity contribution >= 4 is 71.8 Å². The van der Waals surface area contributed by atoms with E-state index in [1.54, 1.807) is 0 Å². The maximum atomic E-state index is 6.12. The van der Waals surface area contributed by atoms with Gasteiger partial charge in [-0.3, -0.25) is 0 Å². The molecule has 0 spiro atoms. The van der Waals surface area contributed by atoms with Gasteiger partial charge in [0, 0.05) is 44.6 Å². The predicted octanol–water partition coefficient (Wildman–Crippen LogP) is 13.0. The smallest absolute Gasteiger partial charge is 0.227 e. The van der Waals surface area contributed by atoms with E-state index < -0.39 is 0 Å². The SMILES string of the molecule is c1ccc(-n2c3ccc(N(c4ccc(-c5nc6ccccc6o5)cc4)c4ccc(-c5nc6ccccc6o5)cc4)cc3c3cc4ccccc4cc32)cc1. The molecular weight excluding hydrogens is 665 g/mol. The van der Waals surface area contributed by atoms with Crippen LogP contribution in [-0.2, 0) is 0 Å². The van der Waals surface area contributed by atoms with E-state index in [0.717, 1.165) is 61.6 Å². The van der Waals surface area contributed by atoms with Gasteiger partial charge in [-0.2, -0.15) is 0 Å². The van der Waals surface area contributed by atoms with Crippen LogP contribution in [0.2, 0.25) is 0 Å². The topological polar surface area (TPSA) is 60.2 Å². The molecule has 0 aliphatic carbocycles. The molecule has 6 heteroatoms. The minimum absolute atomic E-state index is 0.597. The molecule has 0 aliphatic rings. The summed E-state index contributed by atoms with van der Waals surface area (Å²) in [6, 6.07) is 63.1. The van der Waals surface area contributed by atoms with Gasteiger partial charge in [0.15, 0.2) is 11.2 Å². The normalized spacial score (nSPS) is 11.7.